The monoisotopic (exact) mass is 290 g/mol. The van der Waals surface area contributed by atoms with Gasteiger partial charge in [-0.05, 0) is 43.2 Å². The highest BCUT2D eigenvalue weighted by atomic mass is 35.5. The second-order valence-electron chi connectivity index (χ2n) is 4.49. The number of anilines is 2. The normalized spacial score (nSPS) is 10.3. The van der Waals surface area contributed by atoms with Crippen LogP contribution in [0.25, 0.3) is 0 Å². The Hall–Kier alpha value is -1.87. The Balaban J connectivity index is 1.90. The molecule has 0 aliphatic heterocycles. The maximum absolute atomic E-state index is 5.86. The summed E-state index contributed by atoms with van der Waals surface area (Å²) in [6.45, 7) is 3.40. The average Bonchev–Trinajstić information content (AvgIpc) is 2.45. The number of hydrogen-bond acceptors (Lipinski definition) is 3. The molecule has 2 aromatic rings. The molecule has 0 amide bonds. The SMILES string of the molecule is CCOc1cc(NCCc2ccc(Cl)cc2)ccc1N. The fourth-order valence-electron chi connectivity index (χ4n) is 1.93. The molecule has 0 bridgehead atoms. The Morgan fingerprint density at radius 1 is 1.15 bits per heavy atom. The van der Waals surface area contributed by atoms with Crippen LogP contribution in [0.5, 0.6) is 5.75 Å². The lowest BCUT2D eigenvalue weighted by molar-refractivity contribution is 0.342. The van der Waals surface area contributed by atoms with Crippen molar-refractivity contribution >= 4 is 23.0 Å². The molecule has 0 aliphatic carbocycles. The van der Waals surface area contributed by atoms with Gasteiger partial charge in [-0.25, -0.2) is 0 Å². The first-order valence-corrected chi connectivity index (χ1v) is 7.07. The maximum atomic E-state index is 5.86. The number of rotatable bonds is 6. The first kappa shape index (κ1) is 14.5. The highest BCUT2D eigenvalue weighted by Gasteiger charge is 2.01. The number of nitrogens with one attached hydrogen (secondary N) is 1. The summed E-state index contributed by atoms with van der Waals surface area (Å²) in [5.74, 6) is 0.726. The molecule has 20 heavy (non-hydrogen) atoms. The van der Waals surface area contributed by atoms with Crippen molar-refractivity contribution in [3.8, 4) is 5.75 Å². The van der Waals surface area contributed by atoms with Gasteiger partial charge in [-0.15, -0.1) is 0 Å². The molecule has 0 saturated carbocycles. The largest absolute Gasteiger partial charge is 0.492 e. The molecule has 0 radical (unpaired) electrons. The van der Waals surface area contributed by atoms with Crippen molar-refractivity contribution in [2.75, 3.05) is 24.2 Å². The molecule has 0 unspecified atom stereocenters. The predicted octanol–water partition coefficient (Wildman–Crippen LogP) is 3.98. The van der Waals surface area contributed by atoms with Crippen LogP contribution >= 0.6 is 11.6 Å². The summed E-state index contributed by atoms with van der Waals surface area (Å²) >= 11 is 5.86. The molecule has 2 rings (SSSR count). The van der Waals surface area contributed by atoms with Crippen molar-refractivity contribution < 1.29 is 4.74 Å². The van der Waals surface area contributed by atoms with E-state index in [0.717, 1.165) is 29.4 Å². The third-order valence-corrected chi connectivity index (χ3v) is 3.22. The van der Waals surface area contributed by atoms with E-state index >= 15 is 0 Å². The average molecular weight is 291 g/mol. The smallest absolute Gasteiger partial charge is 0.144 e. The van der Waals surface area contributed by atoms with Gasteiger partial charge in [-0.1, -0.05) is 23.7 Å². The van der Waals surface area contributed by atoms with E-state index in [1.165, 1.54) is 5.56 Å². The van der Waals surface area contributed by atoms with Gasteiger partial charge in [0, 0.05) is 23.3 Å². The Kier molecular flexibility index (Phi) is 5.13. The molecule has 0 spiro atoms. The summed E-state index contributed by atoms with van der Waals surface area (Å²) in [5.41, 5.74) is 8.77. The van der Waals surface area contributed by atoms with Crippen molar-refractivity contribution in [2.45, 2.75) is 13.3 Å². The van der Waals surface area contributed by atoms with Crippen molar-refractivity contribution in [1.82, 2.24) is 0 Å². The van der Waals surface area contributed by atoms with Gasteiger partial charge in [0.1, 0.15) is 5.75 Å². The zero-order valence-electron chi connectivity index (χ0n) is 11.5. The van der Waals surface area contributed by atoms with Crippen LogP contribution in [0.1, 0.15) is 12.5 Å². The minimum Gasteiger partial charge on any atom is -0.492 e. The Morgan fingerprint density at radius 2 is 1.90 bits per heavy atom. The van der Waals surface area contributed by atoms with Crippen LogP contribution in [0.4, 0.5) is 11.4 Å². The minimum atomic E-state index is 0.610. The lowest BCUT2D eigenvalue weighted by Crippen LogP contribution is -2.05. The number of hydrogen-bond donors (Lipinski definition) is 2. The fraction of sp³-hybridized carbons (Fsp3) is 0.250. The van der Waals surface area contributed by atoms with E-state index < -0.39 is 0 Å². The number of nitrogens with two attached hydrogens (primary N) is 1. The summed E-state index contributed by atoms with van der Waals surface area (Å²) in [6.07, 6.45) is 0.936. The molecule has 0 aliphatic rings. The molecule has 2 aromatic carbocycles. The van der Waals surface area contributed by atoms with E-state index in [1.807, 2.05) is 49.4 Å². The summed E-state index contributed by atoms with van der Waals surface area (Å²) < 4.78 is 5.48. The quantitative estimate of drug-likeness (QED) is 0.791. The summed E-state index contributed by atoms with van der Waals surface area (Å²) in [5, 5.41) is 4.13. The molecule has 106 valence electrons. The van der Waals surface area contributed by atoms with Crippen LogP contribution in [-0.2, 0) is 6.42 Å². The number of ether oxygens (including phenoxy) is 1. The molecule has 0 fully saturated rings. The minimum absolute atomic E-state index is 0.610. The van der Waals surface area contributed by atoms with E-state index in [0.29, 0.717) is 12.3 Å². The molecule has 3 nitrogen and oxygen atoms in total. The van der Waals surface area contributed by atoms with Crippen molar-refractivity contribution in [3.63, 3.8) is 0 Å². The summed E-state index contributed by atoms with van der Waals surface area (Å²) in [6, 6.07) is 13.6. The summed E-state index contributed by atoms with van der Waals surface area (Å²) in [4.78, 5) is 0. The van der Waals surface area contributed by atoms with E-state index in [4.69, 9.17) is 22.1 Å². The second kappa shape index (κ2) is 7.06. The van der Waals surface area contributed by atoms with Crippen molar-refractivity contribution in [3.05, 3.63) is 53.1 Å². The molecule has 0 saturated heterocycles. The Labute approximate surface area is 124 Å². The van der Waals surface area contributed by atoms with Gasteiger partial charge in [0.25, 0.3) is 0 Å². The van der Waals surface area contributed by atoms with Crippen LogP contribution in [0.15, 0.2) is 42.5 Å². The van der Waals surface area contributed by atoms with Gasteiger partial charge in [0.15, 0.2) is 0 Å². The molecule has 3 N–H and O–H groups in total. The highest BCUT2D eigenvalue weighted by molar-refractivity contribution is 6.30. The third-order valence-electron chi connectivity index (χ3n) is 2.97. The van der Waals surface area contributed by atoms with E-state index in [-0.39, 0.29) is 0 Å². The summed E-state index contributed by atoms with van der Waals surface area (Å²) in [7, 11) is 0. The standard InChI is InChI=1S/C16H19ClN2O/c1-2-20-16-11-14(7-8-15(16)18)19-10-9-12-3-5-13(17)6-4-12/h3-8,11,19H,2,9-10,18H2,1H3. The van der Waals surface area contributed by atoms with E-state index in [1.54, 1.807) is 0 Å². The maximum Gasteiger partial charge on any atom is 0.144 e. The lowest BCUT2D eigenvalue weighted by Gasteiger charge is -2.11. The lowest BCUT2D eigenvalue weighted by atomic mass is 10.1. The number of benzene rings is 2. The van der Waals surface area contributed by atoms with Crippen LogP contribution < -0.4 is 15.8 Å². The Bertz CT molecular complexity index is 555. The van der Waals surface area contributed by atoms with Gasteiger partial charge in [-0.3, -0.25) is 0 Å². The topological polar surface area (TPSA) is 47.3 Å². The number of halogens is 1. The first-order chi connectivity index (χ1) is 9.69. The molecular formula is C16H19ClN2O. The predicted molar refractivity (Wildman–Crippen MR) is 85.7 cm³/mol. The molecule has 4 heteroatoms. The zero-order valence-corrected chi connectivity index (χ0v) is 12.3. The van der Waals surface area contributed by atoms with Gasteiger partial charge in [0.05, 0.1) is 12.3 Å². The first-order valence-electron chi connectivity index (χ1n) is 6.69. The van der Waals surface area contributed by atoms with Crippen LogP contribution in [-0.4, -0.2) is 13.2 Å². The molecular weight excluding hydrogens is 272 g/mol. The van der Waals surface area contributed by atoms with Crippen LogP contribution in [0.3, 0.4) is 0 Å². The van der Waals surface area contributed by atoms with E-state index in [9.17, 15) is 0 Å². The van der Waals surface area contributed by atoms with Crippen molar-refractivity contribution in [1.29, 1.82) is 0 Å². The van der Waals surface area contributed by atoms with Crippen molar-refractivity contribution in [2.24, 2.45) is 0 Å². The van der Waals surface area contributed by atoms with E-state index in [2.05, 4.69) is 5.32 Å². The fourth-order valence-corrected chi connectivity index (χ4v) is 2.05. The van der Waals surface area contributed by atoms with Gasteiger partial charge < -0.3 is 15.8 Å². The molecule has 0 aromatic heterocycles. The van der Waals surface area contributed by atoms with Gasteiger partial charge in [0.2, 0.25) is 0 Å². The van der Waals surface area contributed by atoms with Gasteiger partial charge >= 0.3 is 0 Å². The van der Waals surface area contributed by atoms with Gasteiger partial charge in [-0.2, -0.15) is 0 Å². The molecule has 0 atom stereocenters. The molecule has 0 heterocycles. The third kappa shape index (κ3) is 4.07. The highest BCUT2D eigenvalue weighted by Crippen LogP contribution is 2.25. The Morgan fingerprint density at radius 3 is 2.60 bits per heavy atom. The number of nitrogen functional groups attached to an aromatic ring is 1. The second-order valence-corrected chi connectivity index (χ2v) is 4.93. The zero-order chi connectivity index (χ0) is 14.4. The van der Waals surface area contributed by atoms with Crippen LogP contribution in [0.2, 0.25) is 5.02 Å². The van der Waals surface area contributed by atoms with Crippen LogP contribution in [0, 0.1) is 0 Å².